The average Bonchev–Trinajstić information content (AvgIpc) is 3.01. The van der Waals surface area contributed by atoms with Crippen LogP contribution < -0.4 is 10.4 Å². The molecule has 0 saturated heterocycles. The van der Waals surface area contributed by atoms with Crippen LogP contribution in [0.25, 0.3) is 33.7 Å². The van der Waals surface area contributed by atoms with Crippen LogP contribution in [0.3, 0.4) is 0 Å². The summed E-state index contributed by atoms with van der Waals surface area (Å²) in [6, 6.07) is 15.2. The first-order valence-electron chi connectivity index (χ1n) is 7.86. The highest BCUT2D eigenvalue weighted by Crippen LogP contribution is 2.41. The van der Waals surface area contributed by atoms with Gasteiger partial charge in [-0.2, -0.15) is 0 Å². The number of hydrogen-bond acceptors (Lipinski definition) is 3. The molecule has 2 heterocycles. The maximum Gasteiger partial charge on any atom is 0.0774 e. The van der Waals surface area contributed by atoms with Crippen LogP contribution in [-0.4, -0.2) is 5.11 Å². The third kappa shape index (κ3) is 2.13. The van der Waals surface area contributed by atoms with Gasteiger partial charge in [-0.15, -0.1) is 11.3 Å². The molecule has 0 fully saturated rings. The largest absolute Gasteiger partial charge is 0.391 e. The van der Waals surface area contributed by atoms with Crippen molar-refractivity contribution in [1.82, 2.24) is 0 Å². The molecule has 24 heavy (non-hydrogen) atoms. The van der Waals surface area contributed by atoms with Crippen molar-refractivity contribution in [3.63, 3.8) is 0 Å². The Morgan fingerprint density at radius 1 is 0.917 bits per heavy atom. The minimum Gasteiger partial charge on any atom is -0.391 e. The van der Waals surface area contributed by atoms with Crippen molar-refractivity contribution in [3.8, 4) is 21.6 Å². The Morgan fingerprint density at radius 3 is 2.75 bits per heavy atom. The molecule has 1 aliphatic carbocycles. The van der Waals surface area contributed by atoms with Crippen LogP contribution in [0.4, 0.5) is 0 Å². The fraction of sp³-hybridized carbons (Fsp3) is 0.0476. The van der Waals surface area contributed by atoms with E-state index in [1.54, 1.807) is 23.1 Å². The lowest BCUT2D eigenvalue weighted by Crippen LogP contribution is -2.15. The van der Waals surface area contributed by atoms with Gasteiger partial charge in [-0.05, 0) is 56.8 Å². The molecule has 1 aliphatic heterocycles. The minimum atomic E-state index is 0.0918. The number of thioether (sulfide) groups is 1. The van der Waals surface area contributed by atoms with Crippen LogP contribution in [-0.2, 0) is 6.61 Å². The summed E-state index contributed by atoms with van der Waals surface area (Å²) in [6.45, 7) is 0.0918. The molecular weight excluding hydrogens is 332 g/mol. The lowest BCUT2D eigenvalue weighted by atomic mass is 10.0. The predicted octanol–water partition coefficient (Wildman–Crippen LogP) is 4.12. The maximum absolute atomic E-state index is 9.63. The lowest BCUT2D eigenvalue weighted by Gasteiger charge is -2.08. The van der Waals surface area contributed by atoms with Crippen molar-refractivity contribution >= 4 is 35.3 Å². The third-order valence-corrected chi connectivity index (χ3v) is 6.53. The number of benzene rings is 2. The fourth-order valence-corrected chi connectivity index (χ4v) is 5.21. The number of aliphatic hydroxyl groups is 1. The molecule has 1 N–H and O–H groups in total. The van der Waals surface area contributed by atoms with Gasteiger partial charge in [0.15, 0.2) is 0 Å². The van der Waals surface area contributed by atoms with Crippen molar-refractivity contribution in [1.29, 1.82) is 0 Å². The Kier molecular flexibility index (Phi) is 3.27. The molecule has 2 aliphatic rings. The number of allylic oxidation sites excluding steroid dienone is 1. The number of hydrogen-bond donors (Lipinski definition) is 1. The normalized spacial score (nSPS) is 13.7. The minimum absolute atomic E-state index is 0.0918. The van der Waals surface area contributed by atoms with Crippen molar-refractivity contribution in [2.75, 3.05) is 0 Å². The number of rotatable bonds is 1. The quantitative estimate of drug-likeness (QED) is 0.559. The van der Waals surface area contributed by atoms with E-state index in [0.717, 1.165) is 4.88 Å². The van der Waals surface area contributed by atoms with E-state index in [9.17, 15) is 5.11 Å². The topological polar surface area (TPSA) is 20.2 Å². The number of aliphatic hydroxyl groups excluding tert-OH is 1. The second kappa shape index (κ2) is 5.49. The second-order valence-corrected chi connectivity index (χ2v) is 8.02. The van der Waals surface area contributed by atoms with Crippen LogP contribution >= 0.6 is 23.1 Å². The fourth-order valence-electron chi connectivity index (χ4n) is 3.37. The summed E-state index contributed by atoms with van der Waals surface area (Å²) in [5.41, 5.74) is 4.98. The average molecular weight is 346 g/mol. The van der Waals surface area contributed by atoms with Crippen LogP contribution in [0.2, 0.25) is 0 Å². The standard InChI is InChI=1S/C21H14OS2/c22-12-16-11-19-18-9-14-5-3-7-23-20(14)10-15(18)8-13-4-1-2-6-17(13)21(19)24-16/h1-11,22H,12H2. The third-order valence-electron chi connectivity index (χ3n) is 4.48. The smallest absolute Gasteiger partial charge is 0.0774 e. The monoisotopic (exact) mass is 346 g/mol. The summed E-state index contributed by atoms with van der Waals surface area (Å²) in [5, 5.41) is 14.3. The number of fused-ring (bicyclic) bond motifs is 6. The molecule has 0 unspecified atom stereocenters. The highest BCUT2D eigenvalue weighted by molar-refractivity contribution is 8.02. The molecule has 1 nitrogen and oxygen atoms in total. The van der Waals surface area contributed by atoms with Gasteiger partial charge in [-0.1, -0.05) is 48.2 Å². The van der Waals surface area contributed by atoms with Crippen LogP contribution in [0.15, 0.2) is 58.8 Å². The van der Waals surface area contributed by atoms with E-state index in [1.165, 1.54) is 42.5 Å². The van der Waals surface area contributed by atoms with Gasteiger partial charge < -0.3 is 5.11 Å². The van der Waals surface area contributed by atoms with Gasteiger partial charge in [0.05, 0.1) is 6.61 Å². The summed E-state index contributed by atoms with van der Waals surface area (Å²) in [7, 11) is 0. The molecule has 2 aromatic carbocycles. The molecular formula is C21H14OS2. The van der Waals surface area contributed by atoms with Gasteiger partial charge in [0.25, 0.3) is 0 Å². The molecule has 0 spiro atoms. The Balaban J connectivity index is 1.93. The Hall–Kier alpha value is -2.07. The van der Waals surface area contributed by atoms with Gasteiger partial charge in [0.1, 0.15) is 0 Å². The first kappa shape index (κ1) is 14.3. The lowest BCUT2D eigenvalue weighted by molar-refractivity contribution is 0.285. The molecule has 116 valence electrons. The zero-order valence-electron chi connectivity index (χ0n) is 12.8. The van der Waals surface area contributed by atoms with Crippen LogP contribution in [0, 0.1) is 0 Å². The zero-order valence-corrected chi connectivity index (χ0v) is 14.5. The van der Waals surface area contributed by atoms with E-state index in [1.807, 2.05) is 0 Å². The van der Waals surface area contributed by atoms with Gasteiger partial charge in [0.2, 0.25) is 0 Å². The maximum atomic E-state index is 9.63. The molecule has 1 aromatic heterocycles. The highest BCUT2D eigenvalue weighted by atomic mass is 32.2. The van der Waals surface area contributed by atoms with Crippen LogP contribution in [0.1, 0.15) is 10.4 Å². The van der Waals surface area contributed by atoms with Gasteiger partial charge in [-0.25, -0.2) is 0 Å². The Labute approximate surface area is 148 Å². The summed E-state index contributed by atoms with van der Waals surface area (Å²) in [5.74, 6) is 0. The zero-order chi connectivity index (χ0) is 16.1. The molecule has 0 amide bonds. The molecule has 0 saturated carbocycles. The summed E-state index contributed by atoms with van der Waals surface area (Å²) >= 11 is 3.46. The van der Waals surface area contributed by atoms with Crippen molar-refractivity contribution in [2.24, 2.45) is 0 Å². The van der Waals surface area contributed by atoms with E-state index >= 15 is 0 Å². The van der Waals surface area contributed by atoms with E-state index in [4.69, 9.17) is 0 Å². The molecule has 0 radical (unpaired) electrons. The SMILES string of the molecule is OCc1cc2c(s1)-c1ccccc1C=c1cc3c(cc1-2)=CC=CS3. The van der Waals surface area contributed by atoms with Gasteiger partial charge in [0, 0.05) is 20.2 Å². The number of thiophene rings is 1. The van der Waals surface area contributed by atoms with Crippen molar-refractivity contribution < 1.29 is 5.11 Å². The molecule has 5 rings (SSSR count). The molecule has 0 bridgehead atoms. The Morgan fingerprint density at radius 2 is 1.83 bits per heavy atom. The summed E-state index contributed by atoms with van der Waals surface area (Å²) in [4.78, 5) is 3.56. The van der Waals surface area contributed by atoms with E-state index in [-0.39, 0.29) is 6.61 Å². The van der Waals surface area contributed by atoms with Crippen molar-refractivity contribution in [2.45, 2.75) is 11.5 Å². The van der Waals surface area contributed by atoms with Crippen molar-refractivity contribution in [3.05, 3.63) is 74.8 Å². The van der Waals surface area contributed by atoms with Gasteiger partial charge >= 0.3 is 0 Å². The second-order valence-electron chi connectivity index (χ2n) is 5.94. The highest BCUT2D eigenvalue weighted by Gasteiger charge is 2.19. The molecule has 0 atom stereocenters. The first-order chi connectivity index (χ1) is 11.8. The van der Waals surface area contributed by atoms with E-state index in [2.05, 4.69) is 66.1 Å². The van der Waals surface area contributed by atoms with E-state index < -0.39 is 0 Å². The predicted molar refractivity (Wildman–Crippen MR) is 103 cm³/mol. The Bertz CT molecular complexity index is 1120. The van der Waals surface area contributed by atoms with E-state index in [0.29, 0.717) is 0 Å². The van der Waals surface area contributed by atoms with Crippen LogP contribution in [0.5, 0.6) is 0 Å². The summed E-state index contributed by atoms with van der Waals surface area (Å²) in [6.07, 6.45) is 6.56. The molecule has 3 aromatic rings. The van der Waals surface area contributed by atoms with Gasteiger partial charge in [-0.3, -0.25) is 0 Å². The first-order valence-corrected chi connectivity index (χ1v) is 9.56. The molecule has 3 heteroatoms. The summed E-state index contributed by atoms with van der Waals surface area (Å²) < 4.78 is 0.